The van der Waals surface area contributed by atoms with E-state index in [1.54, 1.807) is 24.3 Å². The monoisotopic (exact) mass is 338 g/mol. The van der Waals surface area contributed by atoms with Gasteiger partial charge in [0.2, 0.25) is 0 Å². The number of amides is 2. The van der Waals surface area contributed by atoms with Crippen LogP contribution < -0.4 is 11.1 Å². The Hall–Kier alpha value is -1.75. The van der Waals surface area contributed by atoms with E-state index in [2.05, 4.69) is 5.32 Å². The zero-order valence-corrected chi connectivity index (χ0v) is 13.8. The molecule has 126 valence electrons. The van der Waals surface area contributed by atoms with Gasteiger partial charge in [0.15, 0.2) is 0 Å². The minimum absolute atomic E-state index is 0.0529. The molecular formula is C17H23ClN2O3. The number of hydrogen-bond donors (Lipinski definition) is 2. The van der Waals surface area contributed by atoms with E-state index >= 15 is 0 Å². The first-order valence-electron chi connectivity index (χ1n) is 8.01. The average molecular weight is 339 g/mol. The molecule has 1 aliphatic carbocycles. The summed E-state index contributed by atoms with van der Waals surface area (Å²) in [6.45, 7) is 0.461. The highest BCUT2D eigenvalue weighted by molar-refractivity contribution is 6.30. The van der Waals surface area contributed by atoms with Gasteiger partial charge in [-0.05, 0) is 36.5 Å². The molecular weight excluding hydrogens is 316 g/mol. The van der Waals surface area contributed by atoms with E-state index in [-0.39, 0.29) is 12.4 Å². The molecule has 0 radical (unpaired) electrons. The van der Waals surface area contributed by atoms with Crippen LogP contribution in [0.3, 0.4) is 0 Å². The van der Waals surface area contributed by atoms with Crippen molar-refractivity contribution in [3.63, 3.8) is 0 Å². The van der Waals surface area contributed by atoms with Crippen molar-refractivity contribution in [1.29, 1.82) is 0 Å². The van der Waals surface area contributed by atoms with E-state index in [9.17, 15) is 9.59 Å². The predicted molar refractivity (Wildman–Crippen MR) is 89.1 cm³/mol. The van der Waals surface area contributed by atoms with Gasteiger partial charge in [-0.25, -0.2) is 4.79 Å². The average Bonchev–Trinajstić information content (AvgIpc) is 2.53. The van der Waals surface area contributed by atoms with Gasteiger partial charge in [0.25, 0.3) is 0 Å². The molecule has 1 saturated carbocycles. The molecule has 0 heterocycles. The summed E-state index contributed by atoms with van der Waals surface area (Å²) in [7, 11) is 0. The Kier molecular flexibility index (Phi) is 6.71. The van der Waals surface area contributed by atoms with Gasteiger partial charge in [-0.3, -0.25) is 4.79 Å². The first kappa shape index (κ1) is 17.6. The van der Waals surface area contributed by atoms with Crippen LogP contribution in [0.4, 0.5) is 4.79 Å². The molecule has 2 amide bonds. The minimum atomic E-state index is -0.676. The maximum absolute atomic E-state index is 12.1. The van der Waals surface area contributed by atoms with Crippen LogP contribution >= 0.6 is 11.6 Å². The molecule has 23 heavy (non-hydrogen) atoms. The highest BCUT2D eigenvalue weighted by Crippen LogP contribution is 2.24. The zero-order valence-electron chi connectivity index (χ0n) is 13.1. The van der Waals surface area contributed by atoms with Crippen LogP contribution in [0.15, 0.2) is 24.3 Å². The Labute approximate surface area is 141 Å². The van der Waals surface area contributed by atoms with Gasteiger partial charge in [0.05, 0.1) is 19.1 Å². The third-order valence-corrected chi connectivity index (χ3v) is 4.42. The van der Waals surface area contributed by atoms with Crippen molar-refractivity contribution in [1.82, 2.24) is 5.32 Å². The smallest absolute Gasteiger partial charge is 0.312 e. The lowest BCUT2D eigenvalue weighted by Gasteiger charge is -2.22. The van der Waals surface area contributed by atoms with Crippen LogP contribution in [-0.2, 0) is 9.53 Å². The van der Waals surface area contributed by atoms with E-state index in [0.29, 0.717) is 17.5 Å². The Morgan fingerprint density at radius 3 is 2.48 bits per heavy atom. The highest BCUT2D eigenvalue weighted by atomic mass is 35.5. The van der Waals surface area contributed by atoms with E-state index in [0.717, 1.165) is 18.4 Å². The molecule has 1 aliphatic rings. The number of nitrogens with two attached hydrogens (primary N) is 1. The standard InChI is InChI=1S/C17H23ClN2O3/c18-14-8-6-13(7-9-14)15(20-17(19)22)10-16(21)23-11-12-4-2-1-3-5-12/h6-9,12,15H,1-5,10-11H2,(H3,19,20,22)/t15-/m0/s1. The Morgan fingerprint density at radius 2 is 1.87 bits per heavy atom. The van der Waals surface area contributed by atoms with E-state index < -0.39 is 12.1 Å². The Balaban J connectivity index is 1.89. The fourth-order valence-corrected chi connectivity index (χ4v) is 3.04. The van der Waals surface area contributed by atoms with Crippen LogP contribution in [0.25, 0.3) is 0 Å². The molecule has 5 nitrogen and oxygen atoms in total. The number of hydrogen-bond acceptors (Lipinski definition) is 3. The van der Waals surface area contributed by atoms with Crippen LogP contribution in [-0.4, -0.2) is 18.6 Å². The summed E-state index contributed by atoms with van der Waals surface area (Å²) in [6, 6.07) is 5.75. The normalized spacial score (nSPS) is 16.6. The number of carbonyl (C=O) groups excluding carboxylic acids is 2. The second kappa shape index (κ2) is 8.77. The topological polar surface area (TPSA) is 81.4 Å². The molecule has 1 atom stereocenters. The number of halogens is 1. The predicted octanol–water partition coefficient (Wildman–Crippen LogP) is 3.56. The lowest BCUT2D eigenvalue weighted by Crippen LogP contribution is -2.34. The van der Waals surface area contributed by atoms with Crippen LogP contribution in [0.2, 0.25) is 5.02 Å². The summed E-state index contributed by atoms with van der Waals surface area (Å²) in [5.41, 5.74) is 5.97. The first-order chi connectivity index (χ1) is 11.0. The summed E-state index contributed by atoms with van der Waals surface area (Å²) in [4.78, 5) is 23.2. The molecule has 1 fully saturated rings. The van der Waals surface area contributed by atoms with Crippen LogP contribution in [0.5, 0.6) is 0 Å². The molecule has 0 unspecified atom stereocenters. The van der Waals surface area contributed by atoms with Crippen molar-refractivity contribution in [3.8, 4) is 0 Å². The molecule has 2 rings (SSSR count). The van der Waals surface area contributed by atoms with Gasteiger partial charge in [-0.2, -0.15) is 0 Å². The lowest BCUT2D eigenvalue weighted by atomic mass is 9.90. The number of urea groups is 1. The fourth-order valence-electron chi connectivity index (χ4n) is 2.91. The molecule has 0 bridgehead atoms. The molecule has 0 aromatic heterocycles. The largest absolute Gasteiger partial charge is 0.465 e. The maximum Gasteiger partial charge on any atom is 0.312 e. The van der Waals surface area contributed by atoms with Crippen molar-refractivity contribution < 1.29 is 14.3 Å². The number of primary amides is 1. The number of benzene rings is 1. The quantitative estimate of drug-likeness (QED) is 0.778. The van der Waals surface area contributed by atoms with Crippen LogP contribution in [0.1, 0.15) is 50.1 Å². The molecule has 6 heteroatoms. The van der Waals surface area contributed by atoms with Crippen LogP contribution in [0, 0.1) is 5.92 Å². The van der Waals surface area contributed by atoms with Gasteiger partial charge >= 0.3 is 12.0 Å². The summed E-state index contributed by atoms with van der Waals surface area (Å²) in [5.74, 6) is 0.134. The summed E-state index contributed by atoms with van der Waals surface area (Å²) in [5, 5.41) is 3.17. The third kappa shape index (κ3) is 6.10. The fraction of sp³-hybridized carbons (Fsp3) is 0.529. The number of esters is 1. The second-order valence-electron chi connectivity index (χ2n) is 6.00. The van der Waals surface area contributed by atoms with Crippen molar-refractivity contribution in [2.45, 2.75) is 44.6 Å². The lowest BCUT2D eigenvalue weighted by molar-refractivity contribution is -0.145. The molecule has 0 spiro atoms. The minimum Gasteiger partial charge on any atom is -0.465 e. The summed E-state index contributed by atoms with van der Waals surface area (Å²) >= 11 is 5.86. The second-order valence-corrected chi connectivity index (χ2v) is 6.44. The molecule has 1 aromatic carbocycles. The molecule has 0 saturated heterocycles. The van der Waals surface area contributed by atoms with E-state index in [1.165, 1.54) is 19.3 Å². The molecule has 1 aromatic rings. The summed E-state index contributed by atoms with van der Waals surface area (Å²) < 4.78 is 5.38. The molecule has 3 N–H and O–H groups in total. The Morgan fingerprint density at radius 1 is 1.22 bits per heavy atom. The van der Waals surface area contributed by atoms with Crippen molar-refractivity contribution >= 4 is 23.6 Å². The number of rotatable bonds is 6. The molecule has 0 aliphatic heterocycles. The number of carbonyl (C=O) groups is 2. The van der Waals surface area contributed by atoms with E-state index in [4.69, 9.17) is 22.1 Å². The number of nitrogens with one attached hydrogen (secondary N) is 1. The van der Waals surface area contributed by atoms with Gasteiger partial charge in [-0.15, -0.1) is 0 Å². The van der Waals surface area contributed by atoms with Crippen molar-refractivity contribution in [2.75, 3.05) is 6.61 Å². The third-order valence-electron chi connectivity index (χ3n) is 4.16. The van der Waals surface area contributed by atoms with Gasteiger partial charge in [-0.1, -0.05) is 43.0 Å². The number of ether oxygens (including phenoxy) is 1. The maximum atomic E-state index is 12.1. The van der Waals surface area contributed by atoms with E-state index in [1.807, 2.05) is 0 Å². The Bertz CT molecular complexity index is 527. The zero-order chi connectivity index (χ0) is 16.7. The van der Waals surface area contributed by atoms with Crippen molar-refractivity contribution in [3.05, 3.63) is 34.9 Å². The van der Waals surface area contributed by atoms with Gasteiger partial charge in [0, 0.05) is 5.02 Å². The van der Waals surface area contributed by atoms with Gasteiger partial charge in [0.1, 0.15) is 0 Å². The highest BCUT2D eigenvalue weighted by Gasteiger charge is 2.20. The van der Waals surface area contributed by atoms with Crippen molar-refractivity contribution in [2.24, 2.45) is 11.7 Å². The first-order valence-corrected chi connectivity index (χ1v) is 8.39. The summed E-state index contributed by atoms with van der Waals surface area (Å²) in [6.07, 6.45) is 5.97. The van der Waals surface area contributed by atoms with Gasteiger partial charge < -0.3 is 15.8 Å². The SMILES string of the molecule is NC(=O)N[C@@H](CC(=O)OCC1CCCCC1)c1ccc(Cl)cc1.